The van der Waals surface area contributed by atoms with Gasteiger partial charge in [0, 0.05) is 5.92 Å². The van der Waals surface area contributed by atoms with Crippen LogP contribution in [0.5, 0.6) is 0 Å². The van der Waals surface area contributed by atoms with E-state index >= 15 is 0 Å². The largest absolute Gasteiger partial charge is 0.747 e. The molecule has 2 saturated carbocycles. The second-order valence-electron chi connectivity index (χ2n) is 6.05. The lowest BCUT2D eigenvalue weighted by Crippen LogP contribution is -2.42. The molecule has 1 unspecified atom stereocenters. The summed E-state index contributed by atoms with van der Waals surface area (Å²) in [5.74, 6) is -0.698. The van der Waals surface area contributed by atoms with E-state index < -0.39 is 15.4 Å². The second-order valence-corrected chi connectivity index (χ2v) is 7.54. The van der Waals surface area contributed by atoms with Gasteiger partial charge in [0.2, 0.25) is 0 Å². The molecule has 0 spiro atoms. The molecule has 110 valence electrons. The van der Waals surface area contributed by atoms with Crippen molar-refractivity contribution in [1.29, 1.82) is 0 Å². The van der Waals surface area contributed by atoms with Gasteiger partial charge in [-0.1, -0.05) is 38.5 Å². The molecule has 0 amide bonds. The van der Waals surface area contributed by atoms with Crippen molar-refractivity contribution in [3.05, 3.63) is 0 Å². The van der Waals surface area contributed by atoms with Gasteiger partial charge in [0.1, 0.15) is 15.4 Å². The quantitative estimate of drug-likeness (QED) is 0.745. The average molecular weight is 287 g/mol. The molecule has 0 bridgehead atoms. The number of hydrogen-bond acceptors (Lipinski definition) is 4. The van der Waals surface area contributed by atoms with E-state index in [0.29, 0.717) is 12.8 Å². The molecule has 2 aliphatic rings. The van der Waals surface area contributed by atoms with Crippen LogP contribution in [0, 0.1) is 11.8 Å². The van der Waals surface area contributed by atoms with Crippen LogP contribution in [0.25, 0.3) is 0 Å². The van der Waals surface area contributed by atoms with Crippen LogP contribution in [0.4, 0.5) is 0 Å². The Kier molecular flexibility index (Phi) is 5.01. The smallest absolute Gasteiger partial charge is 0.153 e. The molecule has 0 N–H and O–H groups in total. The first-order valence-corrected chi connectivity index (χ1v) is 8.95. The van der Waals surface area contributed by atoms with Gasteiger partial charge in [-0.3, -0.25) is 4.79 Å². The summed E-state index contributed by atoms with van der Waals surface area (Å²) in [5, 5.41) is -1.27. The summed E-state index contributed by atoms with van der Waals surface area (Å²) < 4.78 is 34.6. The fourth-order valence-electron chi connectivity index (χ4n) is 3.67. The van der Waals surface area contributed by atoms with E-state index in [-0.39, 0.29) is 17.6 Å². The Morgan fingerprint density at radius 1 is 0.895 bits per heavy atom. The Hall–Kier alpha value is -0.420. The molecule has 0 aromatic rings. The van der Waals surface area contributed by atoms with Gasteiger partial charge in [-0.25, -0.2) is 8.42 Å². The van der Waals surface area contributed by atoms with Crippen molar-refractivity contribution in [3.63, 3.8) is 0 Å². The molecule has 5 heteroatoms. The number of hydrogen-bond donors (Lipinski definition) is 0. The van der Waals surface area contributed by atoms with Crippen LogP contribution in [0.2, 0.25) is 0 Å². The van der Waals surface area contributed by atoms with E-state index in [0.717, 1.165) is 51.4 Å². The SMILES string of the molecule is O=C(C1CCCCC1)C(C1CCCCC1)S(=O)(=O)[O-]. The van der Waals surface area contributed by atoms with E-state index in [1.165, 1.54) is 0 Å². The van der Waals surface area contributed by atoms with Crippen LogP contribution >= 0.6 is 0 Å². The number of rotatable bonds is 4. The predicted molar refractivity (Wildman–Crippen MR) is 71.6 cm³/mol. The molecule has 2 fully saturated rings. The Morgan fingerprint density at radius 3 is 1.84 bits per heavy atom. The highest BCUT2D eigenvalue weighted by Gasteiger charge is 2.38. The summed E-state index contributed by atoms with van der Waals surface area (Å²) in [5.41, 5.74) is 0. The predicted octanol–water partition coefficient (Wildman–Crippen LogP) is 2.63. The van der Waals surface area contributed by atoms with Crippen LogP contribution in [0.1, 0.15) is 64.2 Å². The molecule has 0 saturated heterocycles. The van der Waals surface area contributed by atoms with Gasteiger partial charge in [0.15, 0.2) is 5.78 Å². The Morgan fingerprint density at radius 2 is 1.37 bits per heavy atom. The summed E-state index contributed by atoms with van der Waals surface area (Å²) in [6.07, 6.45) is 8.98. The van der Waals surface area contributed by atoms with Crippen LogP contribution in [0.3, 0.4) is 0 Å². The van der Waals surface area contributed by atoms with Crippen LogP contribution in [0.15, 0.2) is 0 Å². The molecule has 2 aliphatic carbocycles. The van der Waals surface area contributed by atoms with Gasteiger partial charge in [0.05, 0.1) is 0 Å². The summed E-state index contributed by atoms with van der Waals surface area (Å²) in [6.45, 7) is 0. The minimum absolute atomic E-state index is 0.190. The molecule has 0 heterocycles. The van der Waals surface area contributed by atoms with Crippen molar-refractivity contribution in [3.8, 4) is 0 Å². The Bertz CT molecular complexity index is 403. The molecular weight excluding hydrogens is 264 g/mol. The first-order valence-electron chi connectivity index (χ1n) is 7.48. The van der Waals surface area contributed by atoms with Gasteiger partial charge < -0.3 is 4.55 Å². The molecule has 1 atom stereocenters. The molecule has 19 heavy (non-hydrogen) atoms. The zero-order valence-corrected chi connectivity index (χ0v) is 12.2. The third kappa shape index (κ3) is 3.78. The monoisotopic (exact) mass is 287 g/mol. The number of Topliss-reactive ketones (excluding diaryl/α,β-unsaturated/α-hetero) is 1. The minimum atomic E-state index is -4.51. The maximum atomic E-state index is 12.5. The summed E-state index contributed by atoms with van der Waals surface area (Å²) in [7, 11) is -4.51. The third-order valence-corrected chi connectivity index (χ3v) is 5.92. The standard InChI is InChI=1S/C14H24O4S/c15-13(11-7-3-1-4-8-11)14(19(16,17)18)12-9-5-2-6-10-12/h11-12,14H,1-10H2,(H,16,17,18)/p-1. The zero-order chi connectivity index (χ0) is 13.9. The summed E-state index contributed by atoms with van der Waals surface area (Å²) in [4.78, 5) is 12.5. The minimum Gasteiger partial charge on any atom is -0.747 e. The summed E-state index contributed by atoms with van der Waals surface area (Å²) >= 11 is 0. The Labute approximate surface area is 115 Å². The lowest BCUT2D eigenvalue weighted by Gasteiger charge is -2.34. The fraction of sp³-hybridized carbons (Fsp3) is 0.929. The van der Waals surface area contributed by atoms with Crippen LogP contribution < -0.4 is 0 Å². The third-order valence-electron chi connectivity index (χ3n) is 4.68. The van der Waals surface area contributed by atoms with Crippen molar-refractivity contribution in [2.24, 2.45) is 11.8 Å². The second kappa shape index (κ2) is 6.35. The first-order chi connectivity index (χ1) is 9.00. The molecule has 2 rings (SSSR count). The Balaban J connectivity index is 2.14. The lowest BCUT2D eigenvalue weighted by molar-refractivity contribution is -0.124. The highest BCUT2D eigenvalue weighted by atomic mass is 32.2. The molecular formula is C14H23O4S-. The number of ketones is 1. The number of carbonyl (C=O) groups is 1. The van der Waals surface area contributed by atoms with E-state index in [1.54, 1.807) is 0 Å². The van der Waals surface area contributed by atoms with E-state index in [4.69, 9.17) is 0 Å². The van der Waals surface area contributed by atoms with Gasteiger partial charge in [-0.15, -0.1) is 0 Å². The normalized spacial score (nSPS) is 25.1. The molecule has 0 aliphatic heterocycles. The van der Waals surface area contributed by atoms with Crippen LogP contribution in [-0.4, -0.2) is 24.0 Å². The average Bonchev–Trinajstić information content (AvgIpc) is 2.39. The maximum Gasteiger partial charge on any atom is 0.153 e. The van der Waals surface area contributed by atoms with Gasteiger partial charge in [-0.05, 0) is 31.6 Å². The van der Waals surface area contributed by atoms with Gasteiger partial charge in [-0.2, -0.15) is 0 Å². The highest BCUT2D eigenvalue weighted by Crippen LogP contribution is 2.34. The fourth-order valence-corrected chi connectivity index (χ4v) is 4.89. The van der Waals surface area contributed by atoms with E-state index in [1.807, 2.05) is 0 Å². The maximum absolute atomic E-state index is 12.5. The van der Waals surface area contributed by atoms with Crippen molar-refractivity contribution >= 4 is 15.9 Å². The highest BCUT2D eigenvalue weighted by molar-refractivity contribution is 7.87. The number of carbonyl (C=O) groups excluding carboxylic acids is 1. The van der Waals surface area contributed by atoms with E-state index in [9.17, 15) is 17.8 Å². The van der Waals surface area contributed by atoms with Crippen LogP contribution in [-0.2, 0) is 14.9 Å². The van der Waals surface area contributed by atoms with Crippen molar-refractivity contribution in [2.45, 2.75) is 69.5 Å². The van der Waals surface area contributed by atoms with Crippen molar-refractivity contribution in [2.75, 3.05) is 0 Å². The topological polar surface area (TPSA) is 74.3 Å². The lowest BCUT2D eigenvalue weighted by atomic mass is 9.79. The molecule has 4 nitrogen and oxygen atoms in total. The van der Waals surface area contributed by atoms with Gasteiger partial charge in [0.25, 0.3) is 0 Å². The molecule has 0 aromatic heterocycles. The van der Waals surface area contributed by atoms with Gasteiger partial charge >= 0.3 is 0 Å². The molecule has 0 radical (unpaired) electrons. The zero-order valence-electron chi connectivity index (χ0n) is 11.3. The van der Waals surface area contributed by atoms with Crippen molar-refractivity contribution < 1.29 is 17.8 Å². The summed E-state index contributed by atoms with van der Waals surface area (Å²) in [6, 6.07) is 0. The molecule has 0 aromatic carbocycles. The van der Waals surface area contributed by atoms with Crippen molar-refractivity contribution in [1.82, 2.24) is 0 Å². The van der Waals surface area contributed by atoms with E-state index in [2.05, 4.69) is 0 Å². The first kappa shape index (κ1) is 15.0.